The third kappa shape index (κ3) is 3.59. The number of nitrogens with one attached hydrogen (secondary N) is 1. The van der Waals surface area contributed by atoms with Crippen molar-refractivity contribution in [1.82, 2.24) is 19.7 Å². The summed E-state index contributed by atoms with van der Waals surface area (Å²) in [6.07, 6.45) is 2.49. The van der Waals surface area contributed by atoms with E-state index in [-0.39, 0.29) is 12.0 Å². The lowest BCUT2D eigenvalue weighted by Gasteiger charge is -2.23. The molecule has 1 atom stereocenters. The summed E-state index contributed by atoms with van der Waals surface area (Å²) in [4.78, 5) is 22.8. The van der Waals surface area contributed by atoms with Gasteiger partial charge in [-0.2, -0.15) is 15.3 Å². The first kappa shape index (κ1) is 19.5. The predicted molar refractivity (Wildman–Crippen MR) is 118 cm³/mol. The number of pyridine rings is 1. The molecule has 0 unspecified atom stereocenters. The molecule has 1 saturated heterocycles. The number of nitriles is 1. The number of aromatic nitrogens is 3. The van der Waals surface area contributed by atoms with Crippen LogP contribution in [0.5, 0.6) is 0 Å². The van der Waals surface area contributed by atoms with Crippen LogP contribution in [-0.4, -0.2) is 32.3 Å². The minimum Gasteiger partial charge on any atom is -0.366 e. The molecule has 5 rings (SSSR count). The van der Waals surface area contributed by atoms with E-state index >= 15 is 0 Å². The van der Waals surface area contributed by atoms with Gasteiger partial charge in [0.05, 0.1) is 23.9 Å². The third-order valence-corrected chi connectivity index (χ3v) is 5.35. The first-order valence-electron chi connectivity index (χ1n) is 10.1. The molecule has 0 saturated carbocycles. The van der Waals surface area contributed by atoms with E-state index in [0.29, 0.717) is 29.9 Å². The lowest BCUT2D eigenvalue weighted by Crippen LogP contribution is -2.33. The number of amides is 2. The third-order valence-electron chi connectivity index (χ3n) is 5.35. The molecule has 158 valence electrons. The average molecular weight is 425 g/mol. The summed E-state index contributed by atoms with van der Waals surface area (Å²) in [5.74, 6) is 0.188. The summed E-state index contributed by atoms with van der Waals surface area (Å²) in [7, 11) is 0. The van der Waals surface area contributed by atoms with E-state index in [4.69, 9.17) is 10.6 Å². The van der Waals surface area contributed by atoms with Crippen molar-refractivity contribution in [2.45, 2.75) is 12.5 Å². The molecule has 1 aliphatic heterocycles. The van der Waals surface area contributed by atoms with E-state index in [1.165, 1.54) is 5.06 Å². The van der Waals surface area contributed by atoms with Crippen molar-refractivity contribution >= 4 is 23.3 Å². The monoisotopic (exact) mass is 425 g/mol. The van der Waals surface area contributed by atoms with Crippen LogP contribution in [0.15, 0.2) is 66.9 Å². The maximum atomic E-state index is 13.0. The SMILES string of the molecule is N#Cc1ccc(-c2ccc3nc(N)nn3c2)cc1NC(=O)N1OCC[C@H]1c1ccccc1. The van der Waals surface area contributed by atoms with Gasteiger partial charge in [-0.3, -0.25) is 4.84 Å². The van der Waals surface area contributed by atoms with Gasteiger partial charge in [0.2, 0.25) is 5.95 Å². The Morgan fingerprint density at radius 1 is 1.16 bits per heavy atom. The van der Waals surface area contributed by atoms with Crippen molar-refractivity contribution < 1.29 is 9.63 Å². The van der Waals surface area contributed by atoms with Crippen LogP contribution in [0.4, 0.5) is 16.4 Å². The molecule has 1 aliphatic rings. The molecular formula is C23H19N7O2. The Kier molecular flexibility index (Phi) is 4.89. The minimum absolute atomic E-state index is 0.188. The first-order valence-corrected chi connectivity index (χ1v) is 10.1. The van der Waals surface area contributed by atoms with E-state index in [2.05, 4.69) is 21.5 Å². The molecule has 1 fully saturated rings. The van der Waals surface area contributed by atoms with Gasteiger partial charge in [0.1, 0.15) is 6.07 Å². The molecular weight excluding hydrogens is 406 g/mol. The number of hydroxylamine groups is 2. The van der Waals surface area contributed by atoms with E-state index in [0.717, 1.165) is 16.7 Å². The minimum atomic E-state index is -0.426. The fourth-order valence-corrected chi connectivity index (χ4v) is 3.81. The van der Waals surface area contributed by atoms with Crippen molar-refractivity contribution in [3.05, 3.63) is 78.0 Å². The zero-order chi connectivity index (χ0) is 22.1. The Morgan fingerprint density at radius 3 is 2.78 bits per heavy atom. The van der Waals surface area contributed by atoms with E-state index < -0.39 is 6.03 Å². The number of urea groups is 1. The fraction of sp³-hybridized carbons (Fsp3) is 0.130. The van der Waals surface area contributed by atoms with Crippen LogP contribution >= 0.6 is 0 Å². The van der Waals surface area contributed by atoms with Gasteiger partial charge >= 0.3 is 6.03 Å². The maximum Gasteiger partial charge on any atom is 0.346 e. The van der Waals surface area contributed by atoms with Gasteiger partial charge in [-0.15, -0.1) is 5.10 Å². The normalized spacial score (nSPS) is 15.6. The number of nitrogen functional groups attached to an aromatic ring is 1. The summed E-state index contributed by atoms with van der Waals surface area (Å²) >= 11 is 0. The van der Waals surface area contributed by atoms with Gasteiger partial charge in [-0.1, -0.05) is 36.4 Å². The van der Waals surface area contributed by atoms with Gasteiger partial charge < -0.3 is 11.1 Å². The molecule has 9 heteroatoms. The number of anilines is 2. The lowest BCUT2D eigenvalue weighted by atomic mass is 10.0. The molecule has 0 radical (unpaired) electrons. The highest BCUT2D eigenvalue weighted by Crippen LogP contribution is 2.32. The smallest absolute Gasteiger partial charge is 0.346 e. The molecule has 3 N–H and O–H groups in total. The molecule has 2 amide bonds. The van der Waals surface area contributed by atoms with Crippen LogP contribution in [0.1, 0.15) is 23.6 Å². The van der Waals surface area contributed by atoms with Crippen molar-refractivity contribution in [3.8, 4) is 17.2 Å². The van der Waals surface area contributed by atoms with Gasteiger partial charge in [0, 0.05) is 18.2 Å². The highest BCUT2D eigenvalue weighted by atomic mass is 16.7. The summed E-state index contributed by atoms with van der Waals surface area (Å²) in [5.41, 5.74) is 9.68. The number of benzene rings is 2. The molecule has 2 aromatic carbocycles. The van der Waals surface area contributed by atoms with Gasteiger partial charge in [-0.05, 0) is 35.4 Å². The molecule has 4 aromatic rings. The number of carbonyl (C=O) groups excluding carboxylic acids is 1. The van der Waals surface area contributed by atoms with Crippen LogP contribution in [0.25, 0.3) is 16.8 Å². The van der Waals surface area contributed by atoms with Crippen LogP contribution in [0.2, 0.25) is 0 Å². The topological polar surface area (TPSA) is 122 Å². The molecule has 32 heavy (non-hydrogen) atoms. The molecule has 2 aromatic heterocycles. The average Bonchev–Trinajstić information content (AvgIpc) is 3.45. The second kappa shape index (κ2) is 8.02. The molecule has 0 aliphatic carbocycles. The number of nitrogens with zero attached hydrogens (tertiary/aromatic N) is 5. The van der Waals surface area contributed by atoms with Gasteiger partial charge in [-0.25, -0.2) is 9.31 Å². The number of fused-ring (bicyclic) bond motifs is 1. The second-order valence-electron chi connectivity index (χ2n) is 7.37. The Hall–Kier alpha value is -4.42. The summed E-state index contributed by atoms with van der Waals surface area (Å²) in [6.45, 7) is 0.444. The van der Waals surface area contributed by atoms with Crippen LogP contribution in [-0.2, 0) is 4.84 Å². The quantitative estimate of drug-likeness (QED) is 0.515. The highest BCUT2D eigenvalue weighted by Gasteiger charge is 2.32. The van der Waals surface area contributed by atoms with Crippen LogP contribution < -0.4 is 11.1 Å². The number of nitrogens with two attached hydrogens (primary N) is 1. The van der Waals surface area contributed by atoms with E-state index in [9.17, 15) is 10.1 Å². The van der Waals surface area contributed by atoms with Gasteiger partial charge in [0.15, 0.2) is 5.65 Å². The Balaban J connectivity index is 1.43. The number of rotatable bonds is 3. The Labute approximate surface area is 183 Å². The second-order valence-corrected chi connectivity index (χ2v) is 7.37. The Bertz CT molecular complexity index is 1340. The predicted octanol–water partition coefficient (Wildman–Crippen LogP) is 3.76. The Morgan fingerprint density at radius 2 is 1.97 bits per heavy atom. The van der Waals surface area contributed by atoms with Gasteiger partial charge in [0.25, 0.3) is 0 Å². The fourth-order valence-electron chi connectivity index (χ4n) is 3.81. The largest absolute Gasteiger partial charge is 0.366 e. The molecule has 0 bridgehead atoms. The number of hydrogen-bond donors (Lipinski definition) is 2. The molecule has 9 nitrogen and oxygen atoms in total. The molecule has 0 spiro atoms. The first-order chi connectivity index (χ1) is 15.6. The summed E-state index contributed by atoms with van der Waals surface area (Å²) in [5, 5.41) is 17.9. The maximum absolute atomic E-state index is 13.0. The van der Waals surface area contributed by atoms with Crippen molar-refractivity contribution in [3.63, 3.8) is 0 Å². The van der Waals surface area contributed by atoms with Crippen molar-refractivity contribution in [2.24, 2.45) is 0 Å². The van der Waals surface area contributed by atoms with Crippen molar-refractivity contribution in [2.75, 3.05) is 17.7 Å². The van der Waals surface area contributed by atoms with Crippen molar-refractivity contribution in [1.29, 1.82) is 5.26 Å². The lowest BCUT2D eigenvalue weighted by molar-refractivity contribution is -0.0829. The van der Waals surface area contributed by atoms with Crippen LogP contribution in [0, 0.1) is 11.3 Å². The van der Waals surface area contributed by atoms with E-state index in [1.807, 2.05) is 42.5 Å². The van der Waals surface area contributed by atoms with Crippen LogP contribution in [0.3, 0.4) is 0 Å². The number of hydrogen-bond acceptors (Lipinski definition) is 6. The zero-order valence-corrected chi connectivity index (χ0v) is 17.0. The van der Waals surface area contributed by atoms with E-state index in [1.54, 1.807) is 28.9 Å². The molecule has 3 heterocycles. The summed E-state index contributed by atoms with van der Waals surface area (Å²) < 4.78 is 1.59. The zero-order valence-electron chi connectivity index (χ0n) is 17.0. The number of carbonyl (C=O) groups is 1. The highest BCUT2D eigenvalue weighted by molar-refractivity contribution is 5.91. The summed E-state index contributed by atoms with van der Waals surface area (Å²) in [6, 6.07) is 20.2. The standard InChI is InChI=1S/C23H19N7O2/c24-13-17-7-6-16(18-8-9-21-27-22(25)28-29(21)14-18)12-19(17)26-23(31)30-20(10-11-32-30)15-4-2-1-3-5-15/h1-9,12,14,20H,10-11H2,(H2,25,28)(H,26,31)/t20-/m0/s1.